The Hall–Kier alpha value is -1.34. The van der Waals surface area contributed by atoms with Crippen LogP contribution in [0.2, 0.25) is 0 Å². The van der Waals surface area contributed by atoms with Crippen molar-refractivity contribution in [3.63, 3.8) is 0 Å². The van der Waals surface area contributed by atoms with Crippen LogP contribution in [-0.4, -0.2) is 53.7 Å². The molecule has 4 N–H and O–H groups in total. The molecular formula is C12H20N2O4. The van der Waals surface area contributed by atoms with E-state index in [-0.39, 0.29) is 19.0 Å². The van der Waals surface area contributed by atoms with Crippen molar-refractivity contribution in [1.82, 2.24) is 10.4 Å². The number of nitrogens with one attached hydrogen (secondary N) is 1. The molecule has 18 heavy (non-hydrogen) atoms. The number of ether oxygens (including phenoxy) is 1. The van der Waals surface area contributed by atoms with Crippen LogP contribution < -0.4 is 10.2 Å². The van der Waals surface area contributed by atoms with Gasteiger partial charge in [0.1, 0.15) is 0 Å². The largest absolute Gasteiger partial charge is 0.504 e. The summed E-state index contributed by atoms with van der Waals surface area (Å²) in [6.45, 7) is 1.20. The molecule has 0 atom stereocenters. The van der Waals surface area contributed by atoms with Crippen LogP contribution in [0.5, 0.6) is 11.5 Å². The molecule has 0 saturated carbocycles. The molecule has 0 bridgehead atoms. The molecule has 0 aliphatic carbocycles. The standard InChI is InChI=1S/C12H20N2O4/c1-18-11-4-2-3-10(12(11)17)9-13-14(5-7-15)6-8-16/h2-4,13,15-17H,5-9H2,1H3. The molecular weight excluding hydrogens is 236 g/mol. The summed E-state index contributed by atoms with van der Waals surface area (Å²) >= 11 is 0. The monoisotopic (exact) mass is 256 g/mol. The fraction of sp³-hybridized carbons (Fsp3) is 0.500. The van der Waals surface area contributed by atoms with Crippen LogP contribution in [0.15, 0.2) is 18.2 Å². The zero-order valence-corrected chi connectivity index (χ0v) is 10.5. The van der Waals surface area contributed by atoms with E-state index in [0.717, 1.165) is 0 Å². The second kappa shape index (κ2) is 7.88. The smallest absolute Gasteiger partial charge is 0.162 e. The molecule has 0 heterocycles. The van der Waals surface area contributed by atoms with Crippen molar-refractivity contribution in [2.45, 2.75) is 6.54 Å². The molecule has 0 spiro atoms. The van der Waals surface area contributed by atoms with Gasteiger partial charge < -0.3 is 20.1 Å². The third-order valence-corrected chi connectivity index (χ3v) is 2.54. The summed E-state index contributed by atoms with van der Waals surface area (Å²) < 4.78 is 5.02. The topological polar surface area (TPSA) is 85.2 Å². The Morgan fingerprint density at radius 1 is 1.22 bits per heavy atom. The molecule has 0 aliphatic heterocycles. The number of aliphatic hydroxyl groups excluding tert-OH is 2. The van der Waals surface area contributed by atoms with E-state index in [1.54, 1.807) is 23.2 Å². The van der Waals surface area contributed by atoms with Gasteiger partial charge >= 0.3 is 0 Å². The molecule has 0 aliphatic rings. The maximum absolute atomic E-state index is 9.88. The number of aromatic hydroxyl groups is 1. The summed E-state index contributed by atoms with van der Waals surface area (Å²) in [5, 5.41) is 29.3. The summed E-state index contributed by atoms with van der Waals surface area (Å²) in [4.78, 5) is 0. The summed E-state index contributed by atoms with van der Waals surface area (Å²) in [6, 6.07) is 5.25. The van der Waals surface area contributed by atoms with Crippen molar-refractivity contribution in [1.29, 1.82) is 0 Å². The number of hydrazine groups is 1. The van der Waals surface area contributed by atoms with Crippen LogP contribution in [0.4, 0.5) is 0 Å². The third-order valence-electron chi connectivity index (χ3n) is 2.54. The molecule has 0 unspecified atom stereocenters. The van der Waals surface area contributed by atoms with Crippen LogP contribution >= 0.6 is 0 Å². The molecule has 0 aromatic heterocycles. The van der Waals surface area contributed by atoms with E-state index in [1.165, 1.54) is 7.11 Å². The predicted octanol–water partition coefficient (Wildman–Crippen LogP) is -0.308. The van der Waals surface area contributed by atoms with Gasteiger partial charge in [-0.1, -0.05) is 12.1 Å². The Morgan fingerprint density at radius 2 is 1.89 bits per heavy atom. The lowest BCUT2D eigenvalue weighted by molar-refractivity contribution is 0.112. The molecule has 6 heteroatoms. The second-order valence-electron chi connectivity index (χ2n) is 3.74. The van der Waals surface area contributed by atoms with E-state index < -0.39 is 0 Å². The van der Waals surface area contributed by atoms with Crippen molar-refractivity contribution < 1.29 is 20.1 Å². The highest BCUT2D eigenvalue weighted by atomic mass is 16.5. The van der Waals surface area contributed by atoms with Crippen LogP contribution in [0.1, 0.15) is 5.56 Å². The Labute approximate surface area is 106 Å². The number of hydrogen-bond donors (Lipinski definition) is 4. The van der Waals surface area contributed by atoms with Gasteiger partial charge in [0, 0.05) is 25.2 Å². The molecule has 1 aromatic rings. The van der Waals surface area contributed by atoms with Gasteiger partial charge in [-0.3, -0.25) is 5.43 Å². The number of methoxy groups -OCH3 is 1. The van der Waals surface area contributed by atoms with Gasteiger partial charge in [0.05, 0.1) is 20.3 Å². The SMILES string of the molecule is COc1cccc(CNN(CCO)CCO)c1O. The molecule has 1 aromatic carbocycles. The fourth-order valence-corrected chi connectivity index (χ4v) is 1.58. The molecule has 102 valence electrons. The second-order valence-corrected chi connectivity index (χ2v) is 3.74. The molecule has 1 rings (SSSR count). The Morgan fingerprint density at radius 3 is 2.44 bits per heavy atom. The minimum absolute atomic E-state index is 0.00288. The highest BCUT2D eigenvalue weighted by Crippen LogP contribution is 2.29. The first kappa shape index (κ1) is 14.7. The van der Waals surface area contributed by atoms with Gasteiger partial charge in [-0.25, -0.2) is 5.01 Å². The highest BCUT2D eigenvalue weighted by Gasteiger charge is 2.09. The lowest BCUT2D eigenvalue weighted by atomic mass is 10.2. The molecule has 6 nitrogen and oxygen atoms in total. The first-order valence-electron chi connectivity index (χ1n) is 5.78. The number of para-hydroxylation sites is 1. The molecule has 0 amide bonds. The zero-order valence-electron chi connectivity index (χ0n) is 10.5. The van der Waals surface area contributed by atoms with Crippen molar-refractivity contribution in [3.05, 3.63) is 23.8 Å². The Balaban J connectivity index is 2.61. The van der Waals surface area contributed by atoms with E-state index >= 15 is 0 Å². The average molecular weight is 256 g/mol. The van der Waals surface area contributed by atoms with Crippen LogP contribution in [-0.2, 0) is 6.54 Å². The number of aliphatic hydroxyl groups is 2. The van der Waals surface area contributed by atoms with E-state index in [2.05, 4.69) is 5.43 Å². The van der Waals surface area contributed by atoms with Gasteiger partial charge in [0.25, 0.3) is 0 Å². The van der Waals surface area contributed by atoms with Crippen LogP contribution in [0, 0.1) is 0 Å². The number of nitrogens with zero attached hydrogens (tertiary/aromatic N) is 1. The van der Waals surface area contributed by atoms with Crippen molar-refractivity contribution in [2.24, 2.45) is 0 Å². The van der Waals surface area contributed by atoms with Gasteiger partial charge in [0.15, 0.2) is 11.5 Å². The van der Waals surface area contributed by atoms with Gasteiger partial charge in [0.2, 0.25) is 0 Å². The summed E-state index contributed by atoms with van der Waals surface area (Å²) in [5.41, 5.74) is 3.72. The van der Waals surface area contributed by atoms with E-state index in [1.807, 2.05) is 0 Å². The number of phenolic OH excluding ortho intramolecular Hbond substituents is 1. The minimum Gasteiger partial charge on any atom is -0.504 e. The minimum atomic E-state index is -0.00288. The average Bonchev–Trinajstić information content (AvgIpc) is 2.38. The van der Waals surface area contributed by atoms with Gasteiger partial charge in [-0.2, -0.15) is 0 Å². The quantitative estimate of drug-likeness (QED) is 0.478. The Bertz CT molecular complexity index is 354. The number of phenols is 1. The molecule has 0 radical (unpaired) electrons. The predicted molar refractivity (Wildman–Crippen MR) is 67.2 cm³/mol. The summed E-state index contributed by atoms with van der Waals surface area (Å²) in [5.74, 6) is 0.519. The lowest BCUT2D eigenvalue weighted by Gasteiger charge is -2.21. The number of rotatable bonds is 8. The maximum Gasteiger partial charge on any atom is 0.162 e. The number of hydrogen-bond acceptors (Lipinski definition) is 6. The van der Waals surface area contributed by atoms with Gasteiger partial charge in [-0.05, 0) is 6.07 Å². The van der Waals surface area contributed by atoms with E-state index in [4.69, 9.17) is 14.9 Å². The summed E-state index contributed by atoms with van der Waals surface area (Å²) in [7, 11) is 1.50. The molecule has 0 fully saturated rings. The Kier molecular flexibility index (Phi) is 6.45. The highest BCUT2D eigenvalue weighted by molar-refractivity contribution is 5.45. The van der Waals surface area contributed by atoms with Crippen molar-refractivity contribution >= 4 is 0 Å². The van der Waals surface area contributed by atoms with E-state index in [9.17, 15) is 5.11 Å². The third kappa shape index (κ3) is 4.15. The van der Waals surface area contributed by atoms with Crippen molar-refractivity contribution in [2.75, 3.05) is 33.4 Å². The molecule has 0 saturated heterocycles. The van der Waals surface area contributed by atoms with Gasteiger partial charge in [-0.15, -0.1) is 0 Å². The normalized spacial score (nSPS) is 10.9. The lowest BCUT2D eigenvalue weighted by Crippen LogP contribution is -2.41. The summed E-state index contributed by atoms with van der Waals surface area (Å²) in [6.07, 6.45) is 0. The van der Waals surface area contributed by atoms with E-state index in [0.29, 0.717) is 30.9 Å². The zero-order chi connectivity index (χ0) is 13.4. The maximum atomic E-state index is 9.88. The van der Waals surface area contributed by atoms with Crippen LogP contribution in [0.25, 0.3) is 0 Å². The first-order valence-corrected chi connectivity index (χ1v) is 5.78. The number of benzene rings is 1. The van der Waals surface area contributed by atoms with Crippen molar-refractivity contribution in [3.8, 4) is 11.5 Å². The fourth-order valence-electron chi connectivity index (χ4n) is 1.58. The van der Waals surface area contributed by atoms with Crippen LogP contribution in [0.3, 0.4) is 0 Å². The first-order chi connectivity index (χ1) is 8.72.